The lowest BCUT2D eigenvalue weighted by atomic mass is 10.4. The van der Waals surface area contributed by atoms with E-state index in [0.29, 0.717) is 0 Å². The number of aromatic amines is 1. The van der Waals surface area contributed by atoms with E-state index < -0.39 is 0 Å². The molecule has 0 amide bonds. The first kappa shape index (κ1) is 5.22. The van der Waals surface area contributed by atoms with Crippen LogP contribution in [0.1, 0.15) is 5.56 Å². The summed E-state index contributed by atoms with van der Waals surface area (Å²) in [4.78, 5) is 3.04. The zero-order valence-electron chi connectivity index (χ0n) is 5.15. The van der Waals surface area contributed by atoms with Crippen molar-refractivity contribution >= 4 is 5.82 Å². The number of H-pyrrole nitrogens is 1. The molecule has 0 atom stereocenters. The Hall–Kier alpha value is -0.920. The van der Waals surface area contributed by atoms with Gasteiger partial charge in [0.25, 0.3) is 0 Å². The number of rotatable bonds is 1. The number of hydrogen-bond donors (Lipinski definition) is 2. The van der Waals surface area contributed by atoms with Crippen molar-refractivity contribution in [1.82, 2.24) is 4.98 Å². The van der Waals surface area contributed by atoms with Gasteiger partial charge in [-0.3, -0.25) is 0 Å². The summed E-state index contributed by atoms with van der Waals surface area (Å²) in [5, 5.41) is 2.99. The maximum Gasteiger partial charge on any atom is 0.103 e. The van der Waals surface area contributed by atoms with Gasteiger partial charge in [0.05, 0.1) is 0 Å². The van der Waals surface area contributed by atoms with Crippen molar-refractivity contribution in [2.24, 2.45) is 0 Å². The van der Waals surface area contributed by atoms with Crippen LogP contribution in [0.25, 0.3) is 0 Å². The molecule has 0 fully saturated rings. The highest BCUT2D eigenvalue weighted by molar-refractivity contribution is 5.37. The summed E-state index contributed by atoms with van der Waals surface area (Å²) in [5.74, 6) is 1.07. The van der Waals surface area contributed by atoms with Crippen LogP contribution in [0.2, 0.25) is 0 Å². The second-order valence-corrected chi connectivity index (χ2v) is 1.84. The molecule has 0 saturated carbocycles. The third-order valence-electron chi connectivity index (χ3n) is 1.10. The topological polar surface area (TPSA) is 27.8 Å². The zero-order valence-corrected chi connectivity index (χ0v) is 5.15. The Morgan fingerprint density at radius 3 is 2.62 bits per heavy atom. The third-order valence-corrected chi connectivity index (χ3v) is 1.10. The first-order valence-corrected chi connectivity index (χ1v) is 2.65. The molecule has 8 heavy (non-hydrogen) atoms. The molecular weight excluding hydrogens is 100 g/mol. The highest BCUT2D eigenvalue weighted by Crippen LogP contribution is 2.04. The first-order chi connectivity index (χ1) is 3.83. The summed E-state index contributed by atoms with van der Waals surface area (Å²) < 4.78 is 0. The quantitative estimate of drug-likeness (QED) is 0.561. The van der Waals surface area contributed by atoms with Crippen LogP contribution in [0.15, 0.2) is 12.3 Å². The van der Waals surface area contributed by atoms with Crippen molar-refractivity contribution in [1.29, 1.82) is 0 Å². The monoisotopic (exact) mass is 110 g/mol. The fourth-order valence-electron chi connectivity index (χ4n) is 0.647. The number of aryl methyl sites for hydroxylation is 1. The molecule has 0 radical (unpaired) electrons. The highest BCUT2D eigenvalue weighted by atomic mass is 15.0. The second-order valence-electron chi connectivity index (χ2n) is 1.84. The summed E-state index contributed by atoms with van der Waals surface area (Å²) in [5.41, 5.74) is 1.26. The maximum absolute atomic E-state index is 3.04. The molecule has 2 nitrogen and oxygen atoms in total. The SMILES string of the molecule is CNc1cc(C)c[nH]1. The van der Waals surface area contributed by atoms with Gasteiger partial charge in [-0.15, -0.1) is 0 Å². The fraction of sp³-hybridized carbons (Fsp3) is 0.333. The van der Waals surface area contributed by atoms with E-state index in [1.165, 1.54) is 5.56 Å². The number of hydrogen-bond acceptors (Lipinski definition) is 1. The Balaban J connectivity index is 2.84. The zero-order chi connectivity index (χ0) is 5.98. The van der Waals surface area contributed by atoms with Crippen molar-refractivity contribution in [2.75, 3.05) is 12.4 Å². The van der Waals surface area contributed by atoms with E-state index in [2.05, 4.69) is 23.3 Å². The summed E-state index contributed by atoms with van der Waals surface area (Å²) in [6.45, 7) is 2.05. The van der Waals surface area contributed by atoms with Crippen LogP contribution in [0, 0.1) is 6.92 Å². The standard InChI is InChI=1S/C6H10N2/c1-5-3-6(7-2)8-4-5/h3-4,7-8H,1-2H3. The molecule has 44 valence electrons. The molecular formula is C6H10N2. The molecule has 0 spiro atoms. The number of nitrogens with one attached hydrogen (secondary N) is 2. The van der Waals surface area contributed by atoms with Crippen LogP contribution in [-0.4, -0.2) is 12.0 Å². The van der Waals surface area contributed by atoms with Crippen molar-refractivity contribution < 1.29 is 0 Å². The molecule has 0 aliphatic carbocycles. The van der Waals surface area contributed by atoms with Gasteiger partial charge in [-0.2, -0.15) is 0 Å². The predicted octanol–water partition coefficient (Wildman–Crippen LogP) is 1.36. The van der Waals surface area contributed by atoms with E-state index in [-0.39, 0.29) is 0 Å². The van der Waals surface area contributed by atoms with Crippen LogP contribution >= 0.6 is 0 Å². The molecule has 2 N–H and O–H groups in total. The molecule has 0 aliphatic rings. The Labute approximate surface area is 48.9 Å². The van der Waals surface area contributed by atoms with Crippen molar-refractivity contribution in [3.05, 3.63) is 17.8 Å². The molecule has 0 saturated heterocycles. The summed E-state index contributed by atoms with van der Waals surface area (Å²) >= 11 is 0. The van der Waals surface area contributed by atoms with Crippen molar-refractivity contribution in [3.63, 3.8) is 0 Å². The fourth-order valence-corrected chi connectivity index (χ4v) is 0.647. The molecule has 0 aliphatic heterocycles. The first-order valence-electron chi connectivity index (χ1n) is 2.65. The second kappa shape index (κ2) is 1.90. The van der Waals surface area contributed by atoms with E-state index in [1.54, 1.807) is 0 Å². The van der Waals surface area contributed by atoms with E-state index in [4.69, 9.17) is 0 Å². The molecule has 0 bridgehead atoms. The summed E-state index contributed by atoms with van der Waals surface area (Å²) in [6.07, 6.45) is 1.96. The normalized spacial score (nSPS) is 9.25. The molecule has 1 rings (SSSR count). The lowest BCUT2D eigenvalue weighted by Crippen LogP contribution is -1.84. The van der Waals surface area contributed by atoms with Gasteiger partial charge < -0.3 is 10.3 Å². The Bertz CT molecular complexity index is 167. The molecule has 0 unspecified atom stereocenters. The van der Waals surface area contributed by atoms with Crippen LogP contribution < -0.4 is 5.32 Å². The maximum atomic E-state index is 3.04. The Morgan fingerprint density at radius 2 is 2.38 bits per heavy atom. The number of anilines is 1. The lowest BCUT2D eigenvalue weighted by molar-refractivity contribution is 1.34. The van der Waals surface area contributed by atoms with Gasteiger partial charge in [-0.25, -0.2) is 0 Å². The van der Waals surface area contributed by atoms with Gasteiger partial charge in [0.2, 0.25) is 0 Å². The van der Waals surface area contributed by atoms with Crippen LogP contribution in [0.4, 0.5) is 5.82 Å². The summed E-state index contributed by atoms with van der Waals surface area (Å²) in [7, 11) is 1.89. The minimum atomic E-state index is 1.07. The van der Waals surface area contributed by atoms with Gasteiger partial charge in [0.1, 0.15) is 5.82 Å². The van der Waals surface area contributed by atoms with Crippen molar-refractivity contribution in [3.8, 4) is 0 Å². The average molecular weight is 110 g/mol. The van der Waals surface area contributed by atoms with Gasteiger partial charge in [0.15, 0.2) is 0 Å². The predicted molar refractivity (Wildman–Crippen MR) is 35.1 cm³/mol. The highest BCUT2D eigenvalue weighted by Gasteiger charge is 1.86. The largest absolute Gasteiger partial charge is 0.375 e. The van der Waals surface area contributed by atoms with Crippen LogP contribution in [-0.2, 0) is 0 Å². The smallest absolute Gasteiger partial charge is 0.103 e. The van der Waals surface area contributed by atoms with Gasteiger partial charge in [-0.05, 0) is 18.6 Å². The minimum Gasteiger partial charge on any atom is -0.375 e. The average Bonchev–Trinajstić information content (AvgIpc) is 2.14. The lowest BCUT2D eigenvalue weighted by Gasteiger charge is -1.88. The molecule has 1 aromatic rings. The van der Waals surface area contributed by atoms with E-state index in [0.717, 1.165) is 5.82 Å². The van der Waals surface area contributed by atoms with E-state index in [9.17, 15) is 0 Å². The Kier molecular flexibility index (Phi) is 1.24. The van der Waals surface area contributed by atoms with Gasteiger partial charge in [0, 0.05) is 13.2 Å². The van der Waals surface area contributed by atoms with Crippen LogP contribution in [0.5, 0.6) is 0 Å². The third kappa shape index (κ3) is 0.832. The van der Waals surface area contributed by atoms with Gasteiger partial charge >= 0.3 is 0 Å². The number of aromatic nitrogens is 1. The van der Waals surface area contributed by atoms with E-state index >= 15 is 0 Å². The minimum absolute atomic E-state index is 1.07. The Morgan fingerprint density at radius 1 is 1.62 bits per heavy atom. The van der Waals surface area contributed by atoms with E-state index in [1.807, 2.05) is 13.2 Å². The molecule has 2 heteroatoms. The molecule has 1 heterocycles. The van der Waals surface area contributed by atoms with Crippen LogP contribution in [0.3, 0.4) is 0 Å². The molecule has 1 aromatic heterocycles. The molecule has 0 aromatic carbocycles. The van der Waals surface area contributed by atoms with Gasteiger partial charge in [-0.1, -0.05) is 0 Å². The van der Waals surface area contributed by atoms with Crippen molar-refractivity contribution in [2.45, 2.75) is 6.92 Å². The summed E-state index contributed by atoms with van der Waals surface area (Å²) in [6, 6.07) is 2.06.